The van der Waals surface area contributed by atoms with Gasteiger partial charge in [-0.05, 0) is 19.8 Å². The molecule has 1 fully saturated rings. The molecule has 5 nitrogen and oxygen atoms in total. The fourth-order valence-corrected chi connectivity index (χ4v) is 1.61. The van der Waals surface area contributed by atoms with Crippen molar-refractivity contribution in [3.8, 4) is 0 Å². The molecule has 2 rings (SSSR count). The predicted octanol–water partition coefficient (Wildman–Crippen LogP) is 0.326. The monoisotopic (exact) mass is 208 g/mol. The first kappa shape index (κ1) is 10.2. The second kappa shape index (κ2) is 3.66. The molecule has 15 heavy (non-hydrogen) atoms. The zero-order valence-corrected chi connectivity index (χ0v) is 8.79. The van der Waals surface area contributed by atoms with Gasteiger partial charge in [0.15, 0.2) is 0 Å². The van der Waals surface area contributed by atoms with Crippen molar-refractivity contribution in [2.75, 3.05) is 6.54 Å². The fourth-order valence-electron chi connectivity index (χ4n) is 1.61. The number of rotatable bonds is 4. The molecule has 0 radical (unpaired) electrons. The molecule has 4 N–H and O–H groups in total. The second-order valence-electron chi connectivity index (χ2n) is 4.15. The Balaban J connectivity index is 1.95. The SMILES string of the molecule is CC(NC(=O)C1(CN)CC1)c1ncc[nH]1. The van der Waals surface area contributed by atoms with Gasteiger partial charge in [0, 0.05) is 18.9 Å². The summed E-state index contributed by atoms with van der Waals surface area (Å²) >= 11 is 0. The number of aromatic nitrogens is 2. The Labute approximate surface area is 88.5 Å². The van der Waals surface area contributed by atoms with E-state index < -0.39 is 0 Å². The Morgan fingerprint density at radius 2 is 2.53 bits per heavy atom. The van der Waals surface area contributed by atoms with Gasteiger partial charge in [-0.2, -0.15) is 0 Å². The van der Waals surface area contributed by atoms with Gasteiger partial charge < -0.3 is 16.0 Å². The van der Waals surface area contributed by atoms with E-state index in [-0.39, 0.29) is 17.4 Å². The standard InChI is InChI=1S/C10H16N4O/c1-7(8-12-4-5-13-8)14-9(15)10(6-11)2-3-10/h4-5,7H,2-3,6,11H2,1H3,(H,12,13)(H,14,15). The smallest absolute Gasteiger partial charge is 0.228 e. The number of carbonyl (C=O) groups excluding carboxylic acids is 1. The van der Waals surface area contributed by atoms with Crippen LogP contribution in [0.3, 0.4) is 0 Å². The molecule has 0 spiro atoms. The first-order valence-electron chi connectivity index (χ1n) is 5.18. The number of imidazole rings is 1. The van der Waals surface area contributed by atoms with E-state index in [1.807, 2.05) is 6.92 Å². The molecule has 1 saturated carbocycles. The fraction of sp³-hybridized carbons (Fsp3) is 0.600. The average molecular weight is 208 g/mol. The number of carbonyl (C=O) groups is 1. The van der Waals surface area contributed by atoms with Gasteiger partial charge in [0.1, 0.15) is 5.82 Å². The van der Waals surface area contributed by atoms with Crippen molar-refractivity contribution in [1.29, 1.82) is 0 Å². The van der Waals surface area contributed by atoms with Gasteiger partial charge in [-0.25, -0.2) is 4.98 Å². The molecule has 1 aromatic rings. The molecule has 1 atom stereocenters. The van der Waals surface area contributed by atoms with E-state index in [1.54, 1.807) is 12.4 Å². The highest BCUT2D eigenvalue weighted by Gasteiger charge is 2.48. The topological polar surface area (TPSA) is 83.8 Å². The number of nitrogens with zero attached hydrogens (tertiary/aromatic N) is 1. The summed E-state index contributed by atoms with van der Waals surface area (Å²) in [4.78, 5) is 18.9. The van der Waals surface area contributed by atoms with Gasteiger partial charge >= 0.3 is 0 Å². The van der Waals surface area contributed by atoms with E-state index in [9.17, 15) is 4.79 Å². The minimum atomic E-state index is -0.291. The second-order valence-corrected chi connectivity index (χ2v) is 4.15. The summed E-state index contributed by atoms with van der Waals surface area (Å²) in [5.74, 6) is 0.824. The average Bonchev–Trinajstić information content (AvgIpc) is 2.84. The van der Waals surface area contributed by atoms with Crippen molar-refractivity contribution >= 4 is 5.91 Å². The minimum absolute atomic E-state index is 0.0499. The highest BCUT2D eigenvalue weighted by Crippen LogP contribution is 2.44. The van der Waals surface area contributed by atoms with Gasteiger partial charge in [0.05, 0.1) is 11.5 Å². The maximum absolute atomic E-state index is 11.8. The lowest BCUT2D eigenvalue weighted by Crippen LogP contribution is -2.38. The quantitative estimate of drug-likeness (QED) is 0.666. The van der Waals surface area contributed by atoms with Gasteiger partial charge in [-0.3, -0.25) is 4.79 Å². The van der Waals surface area contributed by atoms with E-state index in [4.69, 9.17) is 5.73 Å². The molecule has 0 aromatic carbocycles. The zero-order chi connectivity index (χ0) is 10.9. The van der Waals surface area contributed by atoms with Crippen molar-refractivity contribution < 1.29 is 4.79 Å². The van der Waals surface area contributed by atoms with Crippen molar-refractivity contribution in [3.63, 3.8) is 0 Å². The largest absolute Gasteiger partial charge is 0.347 e. The van der Waals surface area contributed by atoms with Crippen LogP contribution in [0, 0.1) is 5.41 Å². The van der Waals surface area contributed by atoms with Gasteiger partial charge in [0.25, 0.3) is 0 Å². The maximum atomic E-state index is 11.8. The van der Waals surface area contributed by atoms with Crippen LogP contribution in [-0.4, -0.2) is 22.4 Å². The Morgan fingerprint density at radius 1 is 1.80 bits per heavy atom. The molecular weight excluding hydrogens is 192 g/mol. The number of hydrogen-bond donors (Lipinski definition) is 3. The molecule has 82 valence electrons. The van der Waals surface area contributed by atoms with E-state index in [0.29, 0.717) is 6.54 Å². The van der Waals surface area contributed by atoms with Crippen LogP contribution in [-0.2, 0) is 4.79 Å². The summed E-state index contributed by atoms with van der Waals surface area (Å²) < 4.78 is 0. The lowest BCUT2D eigenvalue weighted by molar-refractivity contribution is -0.126. The third kappa shape index (κ3) is 1.87. The summed E-state index contributed by atoms with van der Waals surface area (Å²) in [6.07, 6.45) is 5.22. The highest BCUT2D eigenvalue weighted by molar-refractivity contribution is 5.85. The molecule has 1 unspecified atom stereocenters. The Morgan fingerprint density at radius 3 is 3.00 bits per heavy atom. The highest BCUT2D eigenvalue weighted by atomic mass is 16.2. The molecule has 1 heterocycles. The van der Waals surface area contributed by atoms with Gasteiger partial charge in [-0.15, -0.1) is 0 Å². The maximum Gasteiger partial charge on any atom is 0.228 e. The predicted molar refractivity (Wildman–Crippen MR) is 55.9 cm³/mol. The van der Waals surface area contributed by atoms with Gasteiger partial charge in [0.2, 0.25) is 5.91 Å². The minimum Gasteiger partial charge on any atom is -0.347 e. The summed E-state index contributed by atoms with van der Waals surface area (Å²) in [5, 5.41) is 2.92. The molecule has 1 aromatic heterocycles. The third-order valence-corrected chi connectivity index (χ3v) is 3.00. The lowest BCUT2D eigenvalue weighted by atomic mass is 10.1. The normalized spacial score (nSPS) is 19.6. The molecule has 1 aliphatic carbocycles. The summed E-state index contributed by atoms with van der Waals surface area (Å²) in [7, 11) is 0. The van der Waals surface area contributed by atoms with E-state index >= 15 is 0 Å². The van der Waals surface area contributed by atoms with E-state index in [0.717, 1.165) is 18.7 Å². The number of nitrogens with one attached hydrogen (secondary N) is 2. The number of amides is 1. The van der Waals surface area contributed by atoms with Gasteiger partial charge in [-0.1, -0.05) is 0 Å². The van der Waals surface area contributed by atoms with Crippen LogP contribution in [0.2, 0.25) is 0 Å². The molecule has 5 heteroatoms. The summed E-state index contributed by atoms with van der Waals surface area (Å²) in [6, 6.07) is -0.0866. The van der Waals surface area contributed by atoms with Crippen molar-refractivity contribution in [2.24, 2.45) is 11.1 Å². The molecular formula is C10H16N4O. The van der Waals surface area contributed by atoms with Crippen LogP contribution in [0.1, 0.15) is 31.6 Å². The Kier molecular flexibility index (Phi) is 2.48. The Bertz CT molecular complexity index is 342. The number of nitrogens with two attached hydrogens (primary N) is 1. The van der Waals surface area contributed by atoms with Crippen molar-refractivity contribution in [3.05, 3.63) is 18.2 Å². The number of hydrogen-bond acceptors (Lipinski definition) is 3. The summed E-state index contributed by atoms with van der Waals surface area (Å²) in [6.45, 7) is 2.34. The van der Waals surface area contributed by atoms with Crippen LogP contribution in [0.4, 0.5) is 0 Å². The summed E-state index contributed by atoms with van der Waals surface area (Å²) in [5.41, 5.74) is 5.29. The molecule has 0 saturated heterocycles. The molecule has 0 bridgehead atoms. The first-order valence-corrected chi connectivity index (χ1v) is 5.18. The van der Waals surface area contributed by atoms with Crippen LogP contribution in [0.15, 0.2) is 12.4 Å². The van der Waals surface area contributed by atoms with Crippen LogP contribution >= 0.6 is 0 Å². The van der Waals surface area contributed by atoms with Crippen LogP contribution < -0.4 is 11.1 Å². The molecule has 1 aliphatic rings. The third-order valence-electron chi connectivity index (χ3n) is 3.00. The Hall–Kier alpha value is -1.36. The van der Waals surface area contributed by atoms with Crippen molar-refractivity contribution in [2.45, 2.75) is 25.8 Å². The van der Waals surface area contributed by atoms with Crippen LogP contribution in [0.25, 0.3) is 0 Å². The van der Waals surface area contributed by atoms with E-state index in [1.165, 1.54) is 0 Å². The number of H-pyrrole nitrogens is 1. The van der Waals surface area contributed by atoms with Crippen LogP contribution in [0.5, 0.6) is 0 Å². The lowest BCUT2D eigenvalue weighted by Gasteiger charge is -2.16. The van der Waals surface area contributed by atoms with Crippen molar-refractivity contribution in [1.82, 2.24) is 15.3 Å². The van der Waals surface area contributed by atoms with E-state index in [2.05, 4.69) is 15.3 Å². The molecule has 0 aliphatic heterocycles. The number of aromatic amines is 1. The first-order chi connectivity index (χ1) is 7.18. The molecule has 1 amide bonds. The zero-order valence-electron chi connectivity index (χ0n) is 8.79.